The standard InChI is InChI=1S/C18H26N4O3S2.HI/c1-3-20-17(22-13-18(2,23)16-5-4-12-26-16)21-11-10-14-6-8-15(9-7-14)27(19,24)25;/h4-9,12,23H,3,10-11,13H2,1-2H3,(H2,19,24,25)(H2,20,21,22);1H. The SMILES string of the molecule is CCNC(=NCC(C)(O)c1cccs1)NCCc1ccc(S(N)(=O)=O)cc1.I. The molecule has 7 nitrogen and oxygen atoms in total. The largest absolute Gasteiger partial charge is 0.383 e. The van der Waals surface area contributed by atoms with Crippen molar-refractivity contribution in [3.63, 3.8) is 0 Å². The first-order chi connectivity index (χ1) is 12.7. The molecular weight excluding hydrogens is 511 g/mol. The Morgan fingerprint density at radius 1 is 1.25 bits per heavy atom. The van der Waals surface area contributed by atoms with Crippen LogP contribution in [-0.2, 0) is 22.0 Å². The molecule has 0 amide bonds. The van der Waals surface area contributed by atoms with Crippen LogP contribution in [0.1, 0.15) is 24.3 Å². The molecule has 5 N–H and O–H groups in total. The molecule has 156 valence electrons. The molecule has 1 atom stereocenters. The molecule has 1 aromatic heterocycles. The lowest BCUT2D eigenvalue weighted by Crippen LogP contribution is -2.39. The maximum Gasteiger partial charge on any atom is 0.238 e. The third kappa shape index (κ3) is 7.66. The lowest BCUT2D eigenvalue weighted by molar-refractivity contribution is 0.0711. The minimum absolute atomic E-state index is 0. The van der Waals surface area contributed by atoms with Crippen LogP contribution >= 0.6 is 35.3 Å². The van der Waals surface area contributed by atoms with Gasteiger partial charge < -0.3 is 15.7 Å². The van der Waals surface area contributed by atoms with Crippen molar-refractivity contribution in [3.8, 4) is 0 Å². The molecule has 28 heavy (non-hydrogen) atoms. The van der Waals surface area contributed by atoms with Crippen molar-refractivity contribution in [1.82, 2.24) is 10.6 Å². The Bertz CT molecular complexity index is 851. The molecule has 0 saturated carbocycles. The van der Waals surface area contributed by atoms with Crippen LogP contribution in [-0.4, -0.2) is 39.1 Å². The average molecular weight is 538 g/mol. The molecule has 0 radical (unpaired) electrons. The summed E-state index contributed by atoms with van der Waals surface area (Å²) in [6.07, 6.45) is 0.691. The zero-order valence-electron chi connectivity index (χ0n) is 15.9. The number of rotatable bonds is 8. The maximum atomic E-state index is 11.3. The van der Waals surface area contributed by atoms with Crippen LogP contribution in [0.25, 0.3) is 0 Å². The van der Waals surface area contributed by atoms with Crippen molar-refractivity contribution in [1.29, 1.82) is 0 Å². The number of aliphatic hydroxyl groups is 1. The van der Waals surface area contributed by atoms with E-state index in [-0.39, 0.29) is 35.4 Å². The zero-order valence-corrected chi connectivity index (χ0v) is 19.8. The van der Waals surface area contributed by atoms with Crippen LogP contribution in [0.4, 0.5) is 0 Å². The smallest absolute Gasteiger partial charge is 0.238 e. The first kappa shape index (κ1) is 24.8. The second-order valence-corrected chi connectivity index (χ2v) is 8.82. The van der Waals surface area contributed by atoms with Gasteiger partial charge in [0.1, 0.15) is 5.60 Å². The summed E-state index contributed by atoms with van der Waals surface area (Å²) in [5, 5.41) is 24.0. The van der Waals surface area contributed by atoms with E-state index in [0.717, 1.165) is 10.4 Å². The van der Waals surface area contributed by atoms with Gasteiger partial charge in [-0.1, -0.05) is 18.2 Å². The van der Waals surface area contributed by atoms with Crippen LogP contribution in [0.3, 0.4) is 0 Å². The number of guanidine groups is 1. The number of hydrogen-bond acceptors (Lipinski definition) is 5. The number of primary sulfonamides is 1. The molecule has 0 fully saturated rings. The Labute approximate surface area is 187 Å². The predicted molar refractivity (Wildman–Crippen MR) is 125 cm³/mol. The number of hydrogen-bond donors (Lipinski definition) is 4. The number of thiophene rings is 1. The van der Waals surface area contributed by atoms with Gasteiger partial charge in [0.05, 0.1) is 11.4 Å². The summed E-state index contributed by atoms with van der Waals surface area (Å²) in [5.41, 5.74) is -0.0311. The molecule has 0 aliphatic rings. The molecule has 0 bridgehead atoms. The fourth-order valence-electron chi connectivity index (χ4n) is 2.41. The predicted octanol–water partition coefficient (Wildman–Crippen LogP) is 2.02. The third-order valence-electron chi connectivity index (χ3n) is 3.90. The van der Waals surface area contributed by atoms with Gasteiger partial charge in [0, 0.05) is 18.0 Å². The number of aliphatic imine (C=N–C) groups is 1. The highest BCUT2D eigenvalue weighted by Gasteiger charge is 2.23. The van der Waals surface area contributed by atoms with Gasteiger partial charge in [-0.3, -0.25) is 0 Å². The second kappa shape index (κ2) is 11.1. The molecule has 1 heterocycles. The van der Waals surface area contributed by atoms with Crippen LogP contribution in [0.2, 0.25) is 0 Å². The van der Waals surface area contributed by atoms with Crippen LogP contribution in [0.15, 0.2) is 51.7 Å². The fraction of sp³-hybridized carbons (Fsp3) is 0.389. The van der Waals surface area contributed by atoms with Gasteiger partial charge in [-0.15, -0.1) is 35.3 Å². The van der Waals surface area contributed by atoms with Crippen LogP contribution in [0.5, 0.6) is 0 Å². The van der Waals surface area contributed by atoms with Gasteiger partial charge in [0.15, 0.2) is 5.96 Å². The highest BCUT2D eigenvalue weighted by molar-refractivity contribution is 14.0. The lowest BCUT2D eigenvalue weighted by Gasteiger charge is -2.20. The van der Waals surface area contributed by atoms with Crippen molar-refractivity contribution in [2.45, 2.75) is 30.8 Å². The van der Waals surface area contributed by atoms with Crippen molar-refractivity contribution < 1.29 is 13.5 Å². The maximum absolute atomic E-state index is 11.3. The molecule has 1 unspecified atom stereocenters. The third-order valence-corrected chi connectivity index (χ3v) is 5.95. The van der Waals surface area contributed by atoms with E-state index in [2.05, 4.69) is 15.6 Å². The van der Waals surface area contributed by atoms with E-state index >= 15 is 0 Å². The molecule has 0 aliphatic carbocycles. The second-order valence-electron chi connectivity index (χ2n) is 6.31. The number of sulfonamides is 1. The van der Waals surface area contributed by atoms with Crippen molar-refractivity contribution in [2.24, 2.45) is 10.1 Å². The Kier molecular flexibility index (Phi) is 9.84. The minimum atomic E-state index is -3.67. The average Bonchev–Trinajstić information content (AvgIpc) is 3.15. The molecule has 10 heteroatoms. The Balaban J connectivity index is 0.00000392. The molecule has 0 spiro atoms. The highest BCUT2D eigenvalue weighted by atomic mass is 127. The van der Waals surface area contributed by atoms with Crippen LogP contribution in [0, 0.1) is 0 Å². The van der Waals surface area contributed by atoms with E-state index < -0.39 is 15.6 Å². The van der Waals surface area contributed by atoms with Crippen molar-refractivity contribution in [3.05, 3.63) is 52.2 Å². The molecule has 2 aromatic rings. The number of halogens is 1. The molecular formula is C18H27IN4O3S2. The van der Waals surface area contributed by atoms with E-state index in [1.165, 1.54) is 23.5 Å². The monoisotopic (exact) mass is 538 g/mol. The lowest BCUT2D eigenvalue weighted by atomic mass is 10.1. The summed E-state index contributed by atoms with van der Waals surface area (Å²) < 4.78 is 22.6. The fourth-order valence-corrected chi connectivity index (χ4v) is 3.70. The summed E-state index contributed by atoms with van der Waals surface area (Å²) in [5.74, 6) is 0.621. The van der Waals surface area contributed by atoms with E-state index in [1.807, 2.05) is 24.4 Å². The highest BCUT2D eigenvalue weighted by Crippen LogP contribution is 2.25. The number of benzene rings is 1. The van der Waals surface area contributed by atoms with Gasteiger partial charge in [-0.25, -0.2) is 18.5 Å². The topological polar surface area (TPSA) is 117 Å². The van der Waals surface area contributed by atoms with Gasteiger partial charge in [-0.05, 0) is 49.4 Å². The first-order valence-corrected chi connectivity index (χ1v) is 11.1. The Hall–Kier alpha value is -1.21. The van der Waals surface area contributed by atoms with Crippen molar-refractivity contribution in [2.75, 3.05) is 19.6 Å². The Morgan fingerprint density at radius 3 is 2.46 bits per heavy atom. The summed E-state index contributed by atoms with van der Waals surface area (Å²) in [6, 6.07) is 10.3. The number of nitrogens with two attached hydrogens (primary N) is 1. The van der Waals surface area contributed by atoms with Crippen molar-refractivity contribution >= 4 is 51.3 Å². The van der Waals surface area contributed by atoms with Gasteiger partial charge >= 0.3 is 0 Å². The van der Waals surface area contributed by atoms with E-state index in [0.29, 0.717) is 25.5 Å². The molecule has 0 saturated heterocycles. The number of nitrogens with zero attached hydrogens (tertiary/aromatic N) is 1. The van der Waals surface area contributed by atoms with E-state index in [9.17, 15) is 13.5 Å². The molecule has 2 rings (SSSR count). The molecule has 1 aromatic carbocycles. The summed E-state index contributed by atoms with van der Waals surface area (Å²) in [4.78, 5) is 5.45. The summed E-state index contributed by atoms with van der Waals surface area (Å²) in [6.45, 7) is 5.28. The van der Waals surface area contributed by atoms with Gasteiger partial charge in [0.25, 0.3) is 0 Å². The van der Waals surface area contributed by atoms with E-state index in [1.54, 1.807) is 19.1 Å². The van der Waals surface area contributed by atoms with Gasteiger partial charge in [-0.2, -0.15) is 0 Å². The Morgan fingerprint density at radius 2 is 1.93 bits per heavy atom. The van der Waals surface area contributed by atoms with E-state index in [4.69, 9.17) is 5.14 Å². The summed E-state index contributed by atoms with van der Waals surface area (Å²) >= 11 is 1.50. The minimum Gasteiger partial charge on any atom is -0.383 e. The zero-order chi connectivity index (χ0) is 19.9. The quantitative estimate of drug-likeness (QED) is 0.233. The van der Waals surface area contributed by atoms with Gasteiger partial charge in [0.2, 0.25) is 10.0 Å². The normalized spacial score (nSPS) is 14.1. The van der Waals surface area contributed by atoms with Crippen LogP contribution < -0.4 is 15.8 Å². The number of nitrogens with one attached hydrogen (secondary N) is 2. The molecule has 0 aliphatic heterocycles. The summed E-state index contributed by atoms with van der Waals surface area (Å²) in [7, 11) is -3.67. The first-order valence-electron chi connectivity index (χ1n) is 8.62.